The van der Waals surface area contributed by atoms with Gasteiger partial charge in [0, 0.05) is 6.07 Å². The van der Waals surface area contributed by atoms with Gasteiger partial charge in [-0.05, 0) is 37.3 Å². The van der Waals surface area contributed by atoms with Crippen LogP contribution in [-0.2, 0) is 0 Å². The molecule has 0 aliphatic rings. The van der Waals surface area contributed by atoms with Gasteiger partial charge >= 0.3 is 0 Å². The van der Waals surface area contributed by atoms with Gasteiger partial charge in [0.05, 0.1) is 0 Å². The van der Waals surface area contributed by atoms with Gasteiger partial charge in [0.2, 0.25) is 5.88 Å². The minimum atomic E-state index is 0.384. The third kappa shape index (κ3) is 3.15. The molecule has 0 radical (unpaired) electrons. The van der Waals surface area contributed by atoms with Gasteiger partial charge in [-0.25, -0.2) is 4.98 Å². The van der Waals surface area contributed by atoms with Crippen molar-refractivity contribution in [2.75, 3.05) is 6.26 Å². The number of aryl methyl sites for hydroxylation is 2. The molecule has 0 saturated heterocycles. The fourth-order valence-electron chi connectivity index (χ4n) is 1.45. The van der Waals surface area contributed by atoms with E-state index in [-0.39, 0.29) is 0 Å². The summed E-state index contributed by atoms with van der Waals surface area (Å²) in [7, 11) is 0. The van der Waals surface area contributed by atoms with E-state index in [9.17, 15) is 0 Å². The first-order chi connectivity index (χ1) is 8.58. The van der Waals surface area contributed by atoms with Gasteiger partial charge in [-0.3, -0.25) is 0 Å². The molecule has 2 rings (SSSR count). The summed E-state index contributed by atoms with van der Waals surface area (Å²) < 4.78 is 5.76. The van der Waals surface area contributed by atoms with Crippen molar-refractivity contribution in [2.45, 2.75) is 19.0 Å². The largest absolute Gasteiger partial charge is 0.439 e. The normalized spacial score (nSPS) is 10.4. The highest BCUT2D eigenvalue weighted by Crippen LogP contribution is 2.27. The van der Waals surface area contributed by atoms with Crippen LogP contribution in [0.4, 0.5) is 0 Å². The zero-order valence-electron chi connectivity index (χ0n) is 10.4. The molecule has 0 bridgehead atoms. The highest BCUT2D eigenvalue weighted by Gasteiger charge is 2.07. The Morgan fingerprint density at radius 2 is 1.94 bits per heavy atom. The van der Waals surface area contributed by atoms with Gasteiger partial charge in [0.15, 0.2) is 5.16 Å². The van der Waals surface area contributed by atoms with E-state index in [1.165, 1.54) is 11.8 Å². The van der Waals surface area contributed by atoms with E-state index in [0.29, 0.717) is 16.2 Å². The molecule has 0 amide bonds. The molecule has 5 heteroatoms. The predicted octanol–water partition coefficient (Wildman–Crippen LogP) is 4.26. The number of rotatable bonds is 3. The first-order valence-electron chi connectivity index (χ1n) is 5.42. The summed E-state index contributed by atoms with van der Waals surface area (Å²) in [4.78, 5) is 8.33. The lowest BCUT2D eigenvalue weighted by Gasteiger charge is -2.09. The van der Waals surface area contributed by atoms with Crippen molar-refractivity contribution in [3.8, 4) is 11.6 Å². The third-order valence-electron chi connectivity index (χ3n) is 2.39. The second kappa shape index (κ2) is 5.59. The lowest BCUT2D eigenvalue weighted by atomic mass is 10.1. The van der Waals surface area contributed by atoms with Gasteiger partial charge in [0.25, 0.3) is 0 Å². The molecule has 2 aromatic rings. The SMILES string of the molecule is CSc1nc(Cl)cc(Oc2cc(C)ccc2C)n1. The van der Waals surface area contributed by atoms with E-state index in [4.69, 9.17) is 16.3 Å². The quantitative estimate of drug-likeness (QED) is 0.478. The smallest absolute Gasteiger partial charge is 0.224 e. The Balaban J connectivity index is 2.33. The molecular formula is C13H13ClN2OS. The fourth-order valence-corrected chi connectivity index (χ4v) is 2.04. The highest BCUT2D eigenvalue weighted by molar-refractivity contribution is 7.98. The lowest BCUT2D eigenvalue weighted by molar-refractivity contribution is 0.452. The molecule has 0 N–H and O–H groups in total. The van der Waals surface area contributed by atoms with Crippen LogP contribution in [0.3, 0.4) is 0 Å². The number of thioether (sulfide) groups is 1. The molecule has 1 heterocycles. The van der Waals surface area contributed by atoms with Crippen LogP contribution >= 0.6 is 23.4 Å². The Labute approximate surface area is 116 Å². The topological polar surface area (TPSA) is 35.0 Å². The molecule has 0 spiro atoms. The van der Waals surface area contributed by atoms with Crippen LogP contribution in [0.15, 0.2) is 29.4 Å². The van der Waals surface area contributed by atoms with Crippen molar-refractivity contribution in [3.05, 3.63) is 40.5 Å². The molecule has 0 unspecified atom stereocenters. The average Bonchev–Trinajstić information content (AvgIpc) is 2.33. The van der Waals surface area contributed by atoms with Crippen LogP contribution in [0.1, 0.15) is 11.1 Å². The van der Waals surface area contributed by atoms with Crippen molar-refractivity contribution >= 4 is 23.4 Å². The monoisotopic (exact) mass is 280 g/mol. The van der Waals surface area contributed by atoms with Crippen LogP contribution < -0.4 is 4.74 Å². The first kappa shape index (κ1) is 13.2. The maximum Gasteiger partial charge on any atom is 0.224 e. The zero-order valence-corrected chi connectivity index (χ0v) is 12.0. The molecule has 3 nitrogen and oxygen atoms in total. The van der Waals surface area contributed by atoms with Gasteiger partial charge in [0.1, 0.15) is 10.9 Å². The maximum atomic E-state index is 5.92. The fraction of sp³-hybridized carbons (Fsp3) is 0.231. The van der Waals surface area contributed by atoms with E-state index >= 15 is 0 Å². The summed E-state index contributed by atoms with van der Waals surface area (Å²) in [5.41, 5.74) is 2.20. The lowest BCUT2D eigenvalue weighted by Crippen LogP contribution is -1.94. The van der Waals surface area contributed by atoms with Crippen LogP contribution in [0.25, 0.3) is 0 Å². The number of benzene rings is 1. The maximum absolute atomic E-state index is 5.92. The average molecular weight is 281 g/mol. The molecule has 1 aromatic carbocycles. The Kier molecular flexibility index (Phi) is 4.09. The molecule has 0 fully saturated rings. The summed E-state index contributed by atoms with van der Waals surface area (Å²) in [6.07, 6.45) is 1.90. The molecule has 1 aromatic heterocycles. The predicted molar refractivity (Wildman–Crippen MR) is 74.8 cm³/mol. The Hall–Kier alpha value is -1.26. The third-order valence-corrected chi connectivity index (χ3v) is 3.13. The van der Waals surface area contributed by atoms with Crippen LogP contribution in [0.5, 0.6) is 11.6 Å². The number of hydrogen-bond acceptors (Lipinski definition) is 4. The summed E-state index contributed by atoms with van der Waals surface area (Å²) in [6, 6.07) is 7.65. The first-order valence-corrected chi connectivity index (χ1v) is 7.02. The second-order valence-corrected chi connectivity index (χ2v) is 5.05. The van der Waals surface area contributed by atoms with Gasteiger partial charge in [-0.2, -0.15) is 4.98 Å². The van der Waals surface area contributed by atoms with Crippen LogP contribution in [0, 0.1) is 13.8 Å². The van der Waals surface area contributed by atoms with Crippen molar-refractivity contribution in [3.63, 3.8) is 0 Å². The van der Waals surface area contributed by atoms with Crippen molar-refractivity contribution < 1.29 is 4.74 Å². The Morgan fingerprint density at radius 1 is 1.17 bits per heavy atom. The molecule has 94 valence electrons. The number of ether oxygens (including phenoxy) is 1. The molecule has 0 aliphatic carbocycles. The van der Waals surface area contributed by atoms with E-state index in [1.54, 1.807) is 6.07 Å². The summed E-state index contributed by atoms with van der Waals surface area (Å²) >= 11 is 7.35. The Bertz CT molecular complexity index is 575. The minimum absolute atomic E-state index is 0.384. The molecule has 0 saturated carbocycles. The standard InChI is InChI=1S/C13H13ClN2OS/c1-8-4-5-9(2)10(6-8)17-12-7-11(14)15-13(16-12)18-3/h4-7H,1-3H3. The van der Waals surface area contributed by atoms with E-state index < -0.39 is 0 Å². The Morgan fingerprint density at radius 3 is 2.67 bits per heavy atom. The highest BCUT2D eigenvalue weighted by atomic mass is 35.5. The van der Waals surface area contributed by atoms with E-state index in [0.717, 1.165) is 16.9 Å². The molecule has 0 aliphatic heterocycles. The van der Waals surface area contributed by atoms with Crippen LogP contribution in [-0.4, -0.2) is 16.2 Å². The van der Waals surface area contributed by atoms with Gasteiger partial charge < -0.3 is 4.74 Å². The van der Waals surface area contributed by atoms with E-state index in [1.807, 2.05) is 38.3 Å². The van der Waals surface area contributed by atoms with Crippen molar-refractivity contribution in [1.29, 1.82) is 0 Å². The number of aromatic nitrogens is 2. The zero-order chi connectivity index (χ0) is 13.1. The van der Waals surface area contributed by atoms with Gasteiger partial charge in [-0.15, -0.1) is 0 Å². The summed E-state index contributed by atoms with van der Waals surface area (Å²) in [5.74, 6) is 1.25. The van der Waals surface area contributed by atoms with Crippen molar-refractivity contribution in [2.24, 2.45) is 0 Å². The van der Waals surface area contributed by atoms with Gasteiger partial charge in [-0.1, -0.05) is 35.5 Å². The van der Waals surface area contributed by atoms with Crippen LogP contribution in [0.2, 0.25) is 5.15 Å². The number of halogens is 1. The molecular weight excluding hydrogens is 268 g/mol. The van der Waals surface area contributed by atoms with E-state index in [2.05, 4.69) is 9.97 Å². The molecule has 18 heavy (non-hydrogen) atoms. The number of hydrogen-bond donors (Lipinski definition) is 0. The molecule has 0 atom stereocenters. The summed E-state index contributed by atoms with van der Waals surface area (Å²) in [5, 5.41) is 0.984. The summed E-state index contributed by atoms with van der Waals surface area (Å²) in [6.45, 7) is 4.01. The minimum Gasteiger partial charge on any atom is -0.439 e. The van der Waals surface area contributed by atoms with Crippen molar-refractivity contribution in [1.82, 2.24) is 9.97 Å². The number of nitrogens with zero attached hydrogens (tertiary/aromatic N) is 2. The second-order valence-electron chi connectivity index (χ2n) is 3.89.